The van der Waals surface area contributed by atoms with Crippen LogP contribution in [-0.4, -0.2) is 23.7 Å². The Hall–Kier alpha value is -4.60. The Balaban J connectivity index is 1.10. The lowest BCUT2D eigenvalue weighted by molar-refractivity contribution is 0.0333. The van der Waals surface area contributed by atoms with E-state index in [1.165, 1.54) is 57.7 Å². The monoisotopic (exact) mass is 742 g/mol. The molecular weight excluding hydrogens is 681 g/mol. The van der Waals surface area contributed by atoms with Gasteiger partial charge in [-0.05, 0) is 148 Å². The molecule has 0 heterocycles. The van der Waals surface area contributed by atoms with Crippen LogP contribution in [0, 0.1) is 11.3 Å². The number of ether oxygens (including phenoxy) is 1. The zero-order chi connectivity index (χ0) is 38.9. The molecule has 56 heavy (non-hydrogen) atoms. The first-order valence-electron chi connectivity index (χ1n) is 21.3. The first kappa shape index (κ1) is 38.3. The fourth-order valence-electron chi connectivity index (χ4n) is 9.40. The molecule has 0 spiro atoms. The third-order valence-electron chi connectivity index (χ3n) is 12.6. The molecule has 3 aromatic carbocycles. The molecule has 290 valence electrons. The van der Waals surface area contributed by atoms with Gasteiger partial charge in [-0.3, -0.25) is 0 Å². The summed E-state index contributed by atoms with van der Waals surface area (Å²) in [5, 5.41) is 0. The largest absolute Gasteiger partial charge is 0.361 e. The van der Waals surface area contributed by atoms with E-state index >= 15 is 0 Å². The topological polar surface area (TPSA) is 15.7 Å². The van der Waals surface area contributed by atoms with Crippen molar-refractivity contribution in [2.24, 2.45) is 11.3 Å². The van der Waals surface area contributed by atoms with E-state index < -0.39 is 0 Å². The second kappa shape index (κ2) is 16.1. The molecule has 3 aromatic rings. The van der Waals surface area contributed by atoms with Crippen LogP contribution in [0.25, 0.3) is 11.1 Å². The van der Waals surface area contributed by atoms with Crippen LogP contribution in [0.2, 0.25) is 0 Å². The maximum Gasteiger partial charge on any atom is 0.108 e. The van der Waals surface area contributed by atoms with Crippen molar-refractivity contribution in [1.82, 2.24) is 0 Å². The van der Waals surface area contributed by atoms with Gasteiger partial charge in [-0.25, -0.2) is 0 Å². The molecule has 3 nitrogen and oxygen atoms in total. The summed E-state index contributed by atoms with van der Waals surface area (Å²) < 4.78 is 7.07. The van der Waals surface area contributed by atoms with Gasteiger partial charge in [0.25, 0.3) is 0 Å². The standard InChI is InChI=1S/C53H62N2O/c1-52(2,3)44-30-25-39(26-31-44)51(56-50-34-29-38-23-24-43(38)37-50)40-27-32-46(33-28-40)54(45-17-9-7-10-18-45)48-21-13-15-41(35-48)42-16-14-22-49(36-42)55(53(4,5)6)47-19-11-8-12-20-47/h7-9,11-16,19,21-22,25-30,32-36,44-45,47,50-51H,10,17-18,20,23-24,31,37H2,1-6H3. The van der Waals surface area contributed by atoms with Gasteiger partial charge in [0, 0.05) is 28.6 Å². The molecule has 5 aliphatic rings. The molecule has 0 aromatic heterocycles. The minimum absolute atomic E-state index is 0.0222. The molecule has 0 fully saturated rings. The summed E-state index contributed by atoms with van der Waals surface area (Å²) in [4.78, 5) is 5.17. The normalized spacial score (nSPS) is 23.7. The number of benzene rings is 3. The Morgan fingerprint density at radius 1 is 0.696 bits per heavy atom. The highest BCUT2D eigenvalue weighted by Crippen LogP contribution is 2.43. The molecular formula is C53H62N2O. The molecule has 3 heteroatoms. The Bertz CT molecular complexity index is 2090. The number of anilines is 3. The maximum atomic E-state index is 7.07. The van der Waals surface area contributed by atoms with Gasteiger partial charge in [0.1, 0.15) is 6.10 Å². The van der Waals surface area contributed by atoms with Gasteiger partial charge in [0.2, 0.25) is 0 Å². The summed E-state index contributed by atoms with van der Waals surface area (Å²) in [5.74, 6) is 0.534. The van der Waals surface area contributed by atoms with E-state index in [1.54, 1.807) is 5.57 Å². The highest BCUT2D eigenvalue weighted by Gasteiger charge is 2.31. The predicted octanol–water partition coefficient (Wildman–Crippen LogP) is 14.1. The highest BCUT2D eigenvalue weighted by molar-refractivity contribution is 5.75. The van der Waals surface area contributed by atoms with Crippen molar-refractivity contribution in [2.45, 2.75) is 123 Å². The lowest BCUT2D eigenvalue weighted by atomic mass is 9.76. The Morgan fingerprint density at radius 3 is 2.07 bits per heavy atom. The van der Waals surface area contributed by atoms with Gasteiger partial charge in [0.15, 0.2) is 0 Å². The summed E-state index contributed by atoms with van der Waals surface area (Å²) in [6.45, 7) is 14.0. The van der Waals surface area contributed by atoms with E-state index in [-0.39, 0.29) is 23.2 Å². The summed E-state index contributed by atoms with van der Waals surface area (Å²) >= 11 is 0. The van der Waals surface area contributed by atoms with Gasteiger partial charge in [0.05, 0.1) is 12.1 Å². The minimum atomic E-state index is -0.104. The highest BCUT2D eigenvalue weighted by atomic mass is 16.5. The van der Waals surface area contributed by atoms with Crippen molar-refractivity contribution < 1.29 is 4.74 Å². The molecule has 0 aliphatic heterocycles. The Kier molecular flexibility index (Phi) is 11.0. The zero-order valence-corrected chi connectivity index (χ0v) is 34.6. The third-order valence-corrected chi connectivity index (χ3v) is 12.6. The summed E-state index contributed by atoms with van der Waals surface area (Å²) in [7, 11) is 0. The first-order valence-corrected chi connectivity index (χ1v) is 21.3. The summed E-state index contributed by atoms with van der Waals surface area (Å²) in [5.41, 5.74) is 12.1. The van der Waals surface area contributed by atoms with Gasteiger partial charge < -0.3 is 14.5 Å². The van der Waals surface area contributed by atoms with E-state index in [4.69, 9.17) is 4.74 Å². The van der Waals surface area contributed by atoms with Crippen molar-refractivity contribution in [3.63, 3.8) is 0 Å². The van der Waals surface area contributed by atoms with Crippen molar-refractivity contribution in [3.8, 4) is 11.1 Å². The number of hydrogen-bond donors (Lipinski definition) is 0. The second-order valence-electron chi connectivity index (χ2n) is 18.7. The molecule has 0 bridgehead atoms. The zero-order valence-electron chi connectivity index (χ0n) is 34.6. The van der Waals surface area contributed by atoms with Crippen LogP contribution in [0.4, 0.5) is 17.1 Å². The van der Waals surface area contributed by atoms with Crippen LogP contribution in [0.1, 0.15) is 105 Å². The van der Waals surface area contributed by atoms with Crippen LogP contribution in [0.5, 0.6) is 0 Å². The third kappa shape index (κ3) is 8.40. The lowest BCUT2D eigenvalue weighted by Gasteiger charge is -2.43. The molecule has 5 unspecified atom stereocenters. The fourth-order valence-corrected chi connectivity index (χ4v) is 9.40. The molecule has 5 aliphatic carbocycles. The second-order valence-corrected chi connectivity index (χ2v) is 18.7. The molecule has 0 saturated heterocycles. The fraction of sp³-hybridized carbons (Fsp3) is 0.396. The van der Waals surface area contributed by atoms with Gasteiger partial charge in [-0.1, -0.05) is 130 Å². The summed E-state index contributed by atoms with van der Waals surface area (Å²) in [6.07, 6.45) is 34.3. The Morgan fingerprint density at radius 2 is 1.46 bits per heavy atom. The van der Waals surface area contributed by atoms with Crippen molar-refractivity contribution in [2.75, 3.05) is 9.80 Å². The predicted molar refractivity (Wildman–Crippen MR) is 239 cm³/mol. The van der Waals surface area contributed by atoms with Crippen molar-refractivity contribution >= 4 is 17.1 Å². The number of rotatable bonds is 10. The SMILES string of the molecule is CC(C)(C)C1C=CC(C(OC2C=CC3=C(CC3)C2)c2ccc(N(c3cccc(-c4cccc(N(C5C=CC=CC5)C(C)(C)C)c4)c3)C3CC=CCC3)cc2)=CC1. The van der Waals surface area contributed by atoms with Crippen molar-refractivity contribution in [1.29, 1.82) is 0 Å². The molecule has 0 N–H and O–H groups in total. The van der Waals surface area contributed by atoms with Crippen LogP contribution >= 0.6 is 0 Å². The van der Waals surface area contributed by atoms with E-state index in [9.17, 15) is 0 Å². The average molecular weight is 743 g/mol. The van der Waals surface area contributed by atoms with E-state index in [0.717, 1.165) is 38.5 Å². The van der Waals surface area contributed by atoms with Crippen LogP contribution < -0.4 is 9.80 Å². The lowest BCUT2D eigenvalue weighted by Crippen LogP contribution is -2.48. The molecule has 8 rings (SSSR count). The molecule has 0 saturated carbocycles. The van der Waals surface area contributed by atoms with Crippen LogP contribution in [0.3, 0.4) is 0 Å². The number of nitrogens with zero attached hydrogens (tertiary/aromatic N) is 2. The van der Waals surface area contributed by atoms with Gasteiger partial charge in [-0.2, -0.15) is 0 Å². The molecule has 0 amide bonds. The van der Waals surface area contributed by atoms with E-state index in [1.807, 2.05) is 0 Å². The van der Waals surface area contributed by atoms with Crippen LogP contribution in [0.15, 0.2) is 156 Å². The summed E-state index contributed by atoms with van der Waals surface area (Å²) in [6, 6.07) is 28.5. The number of allylic oxidation sites excluding steroid dienone is 7. The van der Waals surface area contributed by atoms with Gasteiger partial charge >= 0.3 is 0 Å². The van der Waals surface area contributed by atoms with Crippen LogP contribution in [-0.2, 0) is 4.74 Å². The maximum absolute atomic E-state index is 7.07. The minimum Gasteiger partial charge on any atom is -0.361 e. The quantitative estimate of drug-likeness (QED) is 0.192. The Labute approximate surface area is 337 Å². The van der Waals surface area contributed by atoms with E-state index in [2.05, 4.69) is 191 Å². The smallest absolute Gasteiger partial charge is 0.108 e. The molecule has 0 radical (unpaired) electrons. The van der Waals surface area contributed by atoms with Crippen molar-refractivity contribution in [3.05, 3.63) is 162 Å². The molecule has 5 atom stereocenters. The van der Waals surface area contributed by atoms with E-state index in [0.29, 0.717) is 18.0 Å². The first-order chi connectivity index (χ1) is 27.0. The van der Waals surface area contributed by atoms with Gasteiger partial charge in [-0.15, -0.1) is 0 Å². The number of hydrogen-bond acceptors (Lipinski definition) is 3. The average Bonchev–Trinajstić information content (AvgIpc) is 3.19.